The quantitative estimate of drug-likeness (QED) is 0.0344. The summed E-state index contributed by atoms with van der Waals surface area (Å²) in [6.07, 6.45) is -9.91. The number of anilines is 1. The molecule has 1 amide bonds. The topological polar surface area (TPSA) is 343 Å². The highest BCUT2D eigenvalue weighted by Crippen LogP contribution is 2.41. The number of carbonyl (C=O) groups is 4. The Morgan fingerprint density at radius 2 is 1.10 bits per heavy atom. The van der Waals surface area contributed by atoms with Crippen LogP contribution in [0.4, 0.5) is 5.69 Å². The number of aliphatic hydroxyl groups is 2. The number of Topliss-reactive ketones (excluding diaryl/α,β-unsaturated/α-hetero) is 1. The van der Waals surface area contributed by atoms with E-state index in [1.165, 1.54) is 71.5 Å². The van der Waals surface area contributed by atoms with Crippen molar-refractivity contribution < 1.29 is 86.3 Å². The molecule has 2 aliphatic heterocycles. The van der Waals surface area contributed by atoms with Gasteiger partial charge in [-0.1, -0.05) is 0 Å². The second-order valence-electron chi connectivity index (χ2n) is 20.8. The number of ether oxygens (including phenoxy) is 8. The van der Waals surface area contributed by atoms with Crippen LogP contribution < -0.4 is 26.0 Å². The van der Waals surface area contributed by atoms with Crippen LogP contribution in [0.2, 0.25) is 0 Å². The number of amides is 1. The molecule has 9 rings (SSSR count). The maximum Gasteiger partial charge on any atom is 0.364 e. The smallest absolute Gasteiger partial charge is 0.364 e. The molecule has 7 aromatic rings. The number of aromatic hydroxyl groups is 2. The Hall–Kier alpha value is -8.26. The van der Waals surface area contributed by atoms with Crippen LogP contribution in [0.3, 0.4) is 0 Å². The first-order valence-corrected chi connectivity index (χ1v) is 25.2. The molecule has 2 saturated heterocycles. The highest BCUT2D eigenvalue weighted by Gasteiger charge is 2.55. The van der Waals surface area contributed by atoms with E-state index in [1.807, 2.05) is 0 Å². The molecule has 24 heteroatoms. The third-order valence-electron chi connectivity index (χ3n) is 14.5. The number of aliphatic hydroxyl groups excluding tert-OH is 2. The summed E-state index contributed by atoms with van der Waals surface area (Å²) in [6.45, 7) is 14.7. The number of H-pyrrole nitrogens is 3. The predicted octanol–water partition coefficient (Wildman–Crippen LogP) is 5.75. The molecule has 0 aliphatic carbocycles. The molecule has 2 fully saturated rings. The Morgan fingerprint density at radius 1 is 0.637 bits per heavy atom. The molecule has 2 aliphatic rings. The zero-order chi connectivity index (χ0) is 58.0. The van der Waals surface area contributed by atoms with Crippen LogP contribution in [0.15, 0.2) is 73.2 Å². The third-order valence-corrected chi connectivity index (χ3v) is 14.5. The fourth-order valence-electron chi connectivity index (χ4n) is 10.2. The monoisotopic (exact) mass is 1110 g/mol. The molecule has 2 unspecified atom stereocenters. The van der Waals surface area contributed by atoms with Gasteiger partial charge in [0.05, 0.1) is 27.5 Å². The number of hydrogen-bond acceptors (Lipinski definition) is 20. The summed E-state index contributed by atoms with van der Waals surface area (Å²) in [5, 5.41) is 48.2. The van der Waals surface area contributed by atoms with Crippen LogP contribution in [-0.2, 0) is 34.8 Å². The van der Waals surface area contributed by atoms with Crippen LogP contribution in [-0.4, -0.2) is 134 Å². The molecule has 2 aromatic carbocycles. The Morgan fingerprint density at radius 3 is 1.55 bits per heavy atom. The van der Waals surface area contributed by atoms with E-state index in [1.54, 1.807) is 59.7 Å². The Labute approximate surface area is 454 Å². The molecule has 80 heavy (non-hydrogen) atoms. The van der Waals surface area contributed by atoms with Gasteiger partial charge in [-0.3, -0.25) is 9.59 Å². The molecule has 0 bridgehead atoms. The second-order valence-corrected chi connectivity index (χ2v) is 20.8. The molecular formula is C56H60N4O20. The van der Waals surface area contributed by atoms with Crippen LogP contribution in [0.1, 0.15) is 103 Å². The third kappa shape index (κ3) is 10.3. The maximum atomic E-state index is 13.8. The molecule has 24 nitrogen and oxygen atoms in total. The number of fused-ring (bicyclic) bond motifs is 2. The number of hydrogen-bond donors (Lipinski definition) is 8. The number of carbonyl (C=O) groups excluding carboxylic acids is 4. The highest BCUT2D eigenvalue weighted by molar-refractivity contribution is 6.09. The molecule has 0 saturated carbocycles. The van der Waals surface area contributed by atoms with Crippen molar-refractivity contribution in [1.82, 2.24) is 15.0 Å². The van der Waals surface area contributed by atoms with Crippen molar-refractivity contribution in [1.29, 1.82) is 0 Å². The van der Waals surface area contributed by atoms with Crippen molar-refractivity contribution in [3.63, 3.8) is 0 Å². The van der Waals surface area contributed by atoms with E-state index in [0.29, 0.717) is 5.69 Å². The van der Waals surface area contributed by atoms with Crippen LogP contribution in [0.25, 0.3) is 21.9 Å². The highest BCUT2D eigenvalue weighted by atomic mass is 16.7. The molecular weight excluding hydrogens is 1050 g/mol. The number of ketones is 1. The van der Waals surface area contributed by atoms with Crippen molar-refractivity contribution in [2.45, 2.75) is 129 Å². The van der Waals surface area contributed by atoms with Crippen LogP contribution >= 0.6 is 0 Å². The van der Waals surface area contributed by atoms with Gasteiger partial charge in [-0.15, -0.1) is 0 Å². The minimum Gasteiger partial charge on any atom is -0.507 e. The van der Waals surface area contributed by atoms with Gasteiger partial charge in [-0.25, -0.2) is 19.2 Å². The molecule has 8 N–H and O–H groups in total. The Kier molecular flexibility index (Phi) is 15.1. The summed E-state index contributed by atoms with van der Waals surface area (Å²) in [6, 6.07) is 12.0. The van der Waals surface area contributed by atoms with Gasteiger partial charge in [0.25, 0.3) is 5.91 Å². The van der Waals surface area contributed by atoms with E-state index in [-0.39, 0.29) is 72.8 Å². The lowest BCUT2D eigenvalue weighted by molar-refractivity contribution is -0.305. The van der Waals surface area contributed by atoms with E-state index < -0.39 is 124 Å². The van der Waals surface area contributed by atoms with Gasteiger partial charge in [0, 0.05) is 54.9 Å². The molecule has 8 atom stereocenters. The summed E-state index contributed by atoms with van der Waals surface area (Å²) in [4.78, 5) is 89.3. The van der Waals surface area contributed by atoms with Crippen LogP contribution in [0, 0.1) is 34.6 Å². The Bertz CT molecular complexity index is 3470. The van der Waals surface area contributed by atoms with E-state index in [9.17, 15) is 49.2 Å². The van der Waals surface area contributed by atoms with E-state index >= 15 is 0 Å². The number of aryl methyl sites for hydroxylation is 4. The molecule has 0 spiro atoms. The number of benzene rings is 2. The van der Waals surface area contributed by atoms with Gasteiger partial charge in [-0.05, 0) is 116 Å². The summed E-state index contributed by atoms with van der Waals surface area (Å²) in [7, 11) is 2.77. The fraction of sp³-hybridized carbons (Fsp3) is 0.393. The largest absolute Gasteiger partial charge is 0.507 e. The number of aromatic amines is 3. The van der Waals surface area contributed by atoms with Crippen molar-refractivity contribution in [3.05, 3.63) is 132 Å². The van der Waals surface area contributed by atoms with Crippen molar-refractivity contribution >= 4 is 51.3 Å². The SMILES string of the molecule is CO[C@@H]1C(OC(=O)c2ccc(C)[nH]2)[C@H](O)[C@H](Oc2ccc3c(O)c(NC(=O)c4[nH]cc(C(=O)Cc5c(O)c6ccc(O[C@@H]7OC(C)(C)[C@H](OC)[C@H](OC(=O)c8ccc(C)[nH]8)C7O)c(C)c6oc5=O)c4C)c(=O)oc3c2C)OC1(C)C. The first kappa shape index (κ1) is 56.5. The van der Waals surface area contributed by atoms with Crippen molar-refractivity contribution in [2.75, 3.05) is 19.5 Å². The number of aromatic nitrogens is 3. The number of esters is 2. The average molecular weight is 1110 g/mol. The van der Waals surface area contributed by atoms with Crippen molar-refractivity contribution in [3.8, 4) is 23.0 Å². The number of rotatable bonds is 15. The Balaban J connectivity index is 0.890. The average Bonchev–Trinajstić information content (AvgIpc) is 4.22. The first-order chi connectivity index (χ1) is 37.7. The number of methoxy groups -OCH3 is 2. The molecule has 5 aromatic heterocycles. The normalized spacial score (nSPS) is 22.5. The number of nitrogens with one attached hydrogen (secondary N) is 4. The summed E-state index contributed by atoms with van der Waals surface area (Å²) >= 11 is 0. The van der Waals surface area contributed by atoms with Gasteiger partial charge < -0.3 is 87.4 Å². The lowest BCUT2D eigenvalue weighted by Gasteiger charge is -2.47. The van der Waals surface area contributed by atoms with E-state index in [2.05, 4.69) is 20.3 Å². The summed E-state index contributed by atoms with van der Waals surface area (Å²) in [5.41, 5.74) is -3.89. The first-order valence-electron chi connectivity index (χ1n) is 25.2. The minimum absolute atomic E-state index is 0.0202. The standard InChI is InChI=1S/C56H60N4O20/c1-22-12-16-31(58-22)50(68)77-44-40(64)53(79-55(6,7)46(44)71-10)73-34-18-14-27-38(62)29(49(67)75-42(27)25(34)4)20-33(61)30-21-57-36(24(30)3)48(66)60-37-39(63)28-15-19-35(26(5)43(28)76-52(37)70)74-54-41(65)45(47(72-11)56(8,9)80-54)78-51(69)32-17-13-23(2)59-32/h12-19,21,40-41,44-47,53-54,57-59,62-65H,20H2,1-11H3,(H,60,66)/t40?,41-,44+,45?,46+,47+,53+,54+/m0/s1. The summed E-state index contributed by atoms with van der Waals surface area (Å²) < 4.78 is 58.5. The van der Waals surface area contributed by atoms with E-state index in [4.69, 9.17) is 46.7 Å². The molecule has 0 radical (unpaired) electrons. The van der Waals surface area contributed by atoms with E-state index in [0.717, 1.165) is 5.69 Å². The van der Waals surface area contributed by atoms with Gasteiger partial charge in [0.2, 0.25) is 12.6 Å². The predicted molar refractivity (Wildman–Crippen MR) is 282 cm³/mol. The summed E-state index contributed by atoms with van der Waals surface area (Å²) in [5.74, 6) is -4.28. The zero-order valence-electron chi connectivity index (χ0n) is 45.3. The second kappa shape index (κ2) is 21.4. The maximum absolute atomic E-state index is 13.8. The lowest BCUT2D eigenvalue weighted by Crippen LogP contribution is -2.65. The minimum atomic E-state index is -1.59. The lowest BCUT2D eigenvalue weighted by atomic mass is 9.89. The van der Waals surface area contributed by atoms with Crippen molar-refractivity contribution in [2.24, 2.45) is 0 Å². The fourth-order valence-corrected chi connectivity index (χ4v) is 10.2. The van der Waals surface area contributed by atoms with Gasteiger partial charge in [-0.2, -0.15) is 0 Å². The zero-order valence-corrected chi connectivity index (χ0v) is 45.3. The van der Waals surface area contributed by atoms with Gasteiger partial charge in [0.15, 0.2) is 41.6 Å². The molecule has 424 valence electrons. The van der Waals surface area contributed by atoms with Crippen LogP contribution in [0.5, 0.6) is 23.0 Å². The van der Waals surface area contributed by atoms with Gasteiger partial charge in [0.1, 0.15) is 57.7 Å². The molecule has 7 heterocycles. The van der Waals surface area contributed by atoms with Gasteiger partial charge >= 0.3 is 23.2 Å².